The van der Waals surface area contributed by atoms with Crippen molar-refractivity contribution in [2.45, 2.75) is 46.0 Å². The molecule has 1 aliphatic heterocycles. The van der Waals surface area contributed by atoms with Crippen molar-refractivity contribution >= 4 is 11.6 Å². The zero-order valence-corrected chi connectivity index (χ0v) is 22.4. The van der Waals surface area contributed by atoms with E-state index >= 15 is 0 Å². The summed E-state index contributed by atoms with van der Waals surface area (Å²) in [6, 6.07) is 20.0. The molecule has 5 rings (SSSR count). The number of halogens is 3. The lowest BCUT2D eigenvalue weighted by atomic mass is 9.69. The Morgan fingerprint density at radius 1 is 0.775 bits per heavy atom. The van der Waals surface area contributed by atoms with Gasteiger partial charge < -0.3 is 19.8 Å². The van der Waals surface area contributed by atoms with Crippen LogP contribution in [0.1, 0.15) is 44.5 Å². The van der Waals surface area contributed by atoms with E-state index in [1.165, 1.54) is 18.2 Å². The number of fused-ring (bicyclic) bond motifs is 1. The molecule has 0 aromatic heterocycles. The standard InChI is InChI=1S/C32H28F3NO4/c1-18-12-23(13-19(2)28(18)37)31(24-14-20(3)29(38)21(4)15-24)26-10-5-6-11-27(26)36(30(31)39)17-22-8-7-9-25(16-22)40-32(33,34)35/h5-16,37-38H,17H2,1-4H3. The molecule has 0 unspecified atom stereocenters. The number of nitrogens with zero attached hydrogens (tertiary/aromatic N) is 1. The number of hydrogen-bond donors (Lipinski definition) is 2. The fourth-order valence-corrected chi connectivity index (χ4v) is 5.70. The first kappa shape index (κ1) is 27.1. The number of carbonyl (C=O) groups is 1. The highest BCUT2D eigenvalue weighted by Crippen LogP contribution is 2.52. The van der Waals surface area contributed by atoms with Crippen LogP contribution in [0.25, 0.3) is 0 Å². The Bertz CT molecular complexity index is 1540. The minimum Gasteiger partial charge on any atom is -0.507 e. The van der Waals surface area contributed by atoms with Crippen LogP contribution in [0.4, 0.5) is 18.9 Å². The number of phenols is 2. The fraction of sp³-hybridized carbons (Fsp3) is 0.219. The van der Waals surface area contributed by atoms with E-state index in [4.69, 9.17) is 0 Å². The third-order valence-electron chi connectivity index (χ3n) is 7.49. The summed E-state index contributed by atoms with van der Waals surface area (Å²) in [4.78, 5) is 16.4. The van der Waals surface area contributed by atoms with Gasteiger partial charge in [0.1, 0.15) is 22.7 Å². The Kier molecular flexibility index (Phi) is 6.53. The number of ether oxygens (including phenoxy) is 1. The molecular weight excluding hydrogens is 519 g/mol. The van der Waals surface area contributed by atoms with Gasteiger partial charge >= 0.3 is 6.36 Å². The van der Waals surface area contributed by atoms with Gasteiger partial charge in [-0.15, -0.1) is 13.2 Å². The number of aryl methyl sites for hydroxylation is 4. The van der Waals surface area contributed by atoms with Gasteiger partial charge in [-0.3, -0.25) is 4.79 Å². The molecule has 1 heterocycles. The smallest absolute Gasteiger partial charge is 0.507 e. The van der Waals surface area contributed by atoms with E-state index < -0.39 is 11.8 Å². The molecular formula is C32H28F3NO4. The van der Waals surface area contributed by atoms with Gasteiger partial charge in [0, 0.05) is 11.3 Å². The van der Waals surface area contributed by atoms with Gasteiger partial charge in [0.05, 0.1) is 6.54 Å². The predicted molar refractivity (Wildman–Crippen MR) is 146 cm³/mol. The van der Waals surface area contributed by atoms with Crippen LogP contribution in [-0.4, -0.2) is 22.5 Å². The summed E-state index contributed by atoms with van der Waals surface area (Å²) in [6.45, 7) is 7.06. The van der Waals surface area contributed by atoms with Crippen molar-refractivity contribution in [1.29, 1.82) is 0 Å². The molecule has 0 radical (unpaired) electrons. The Labute approximate surface area is 230 Å². The highest BCUT2D eigenvalue weighted by molar-refractivity contribution is 6.13. The van der Waals surface area contributed by atoms with E-state index in [9.17, 15) is 28.2 Å². The first-order valence-corrected chi connectivity index (χ1v) is 12.7. The van der Waals surface area contributed by atoms with Gasteiger partial charge in [-0.2, -0.15) is 0 Å². The van der Waals surface area contributed by atoms with E-state index in [1.54, 1.807) is 69.0 Å². The van der Waals surface area contributed by atoms with Gasteiger partial charge in [0.25, 0.3) is 0 Å². The summed E-state index contributed by atoms with van der Waals surface area (Å²) < 4.78 is 42.7. The highest BCUT2D eigenvalue weighted by Gasteiger charge is 2.53. The molecule has 4 aromatic carbocycles. The second kappa shape index (κ2) is 9.62. The predicted octanol–water partition coefficient (Wildman–Crippen LogP) is 7.11. The van der Waals surface area contributed by atoms with E-state index in [-0.39, 0.29) is 29.7 Å². The lowest BCUT2D eigenvalue weighted by Gasteiger charge is -2.32. The van der Waals surface area contributed by atoms with Crippen molar-refractivity contribution < 1.29 is 32.9 Å². The summed E-state index contributed by atoms with van der Waals surface area (Å²) >= 11 is 0. The van der Waals surface area contributed by atoms with Crippen molar-refractivity contribution in [2.75, 3.05) is 4.90 Å². The maximum Gasteiger partial charge on any atom is 0.573 e. The van der Waals surface area contributed by atoms with Crippen LogP contribution >= 0.6 is 0 Å². The molecule has 0 spiro atoms. The molecule has 0 saturated carbocycles. The van der Waals surface area contributed by atoms with E-state index in [2.05, 4.69) is 4.74 Å². The summed E-state index contributed by atoms with van der Waals surface area (Å²) in [5, 5.41) is 21.1. The van der Waals surface area contributed by atoms with Gasteiger partial charge in [-0.1, -0.05) is 54.6 Å². The van der Waals surface area contributed by atoms with Crippen LogP contribution in [0.3, 0.4) is 0 Å². The average Bonchev–Trinajstić information content (AvgIpc) is 3.13. The van der Waals surface area contributed by atoms with Crippen LogP contribution in [-0.2, 0) is 16.8 Å². The number of carbonyl (C=O) groups excluding carboxylic acids is 1. The summed E-state index contributed by atoms with van der Waals surface area (Å²) in [6.07, 6.45) is -4.84. The lowest BCUT2D eigenvalue weighted by Crippen LogP contribution is -2.42. The normalized spacial score (nSPS) is 14.4. The van der Waals surface area contributed by atoms with Crippen LogP contribution in [0, 0.1) is 27.7 Å². The zero-order valence-electron chi connectivity index (χ0n) is 22.4. The molecule has 1 amide bonds. The molecule has 8 heteroatoms. The van der Waals surface area contributed by atoms with Crippen molar-refractivity contribution in [3.05, 3.63) is 117 Å². The number of hydrogen-bond acceptors (Lipinski definition) is 4. The number of phenolic OH excluding ortho intramolecular Hbond substituents is 2. The fourth-order valence-electron chi connectivity index (χ4n) is 5.70. The topological polar surface area (TPSA) is 70.0 Å². The van der Waals surface area contributed by atoms with Crippen molar-refractivity contribution in [2.24, 2.45) is 0 Å². The van der Waals surface area contributed by atoms with Crippen LogP contribution < -0.4 is 9.64 Å². The largest absolute Gasteiger partial charge is 0.573 e. The Morgan fingerprint density at radius 2 is 1.30 bits per heavy atom. The third kappa shape index (κ3) is 4.43. The van der Waals surface area contributed by atoms with Crippen molar-refractivity contribution in [1.82, 2.24) is 0 Å². The SMILES string of the molecule is Cc1cc(C2(c3cc(C)c(O)c(C)c3)C(=O)N(Cc3cccc(OC(F)(F)F)c3)c3ccccc32)cc(C)c1O. The van der Waals surface area contributed by atoms with Crippen molar-refractivity contribution in [3.63, 3.8) is 0 Å². The van der Waals surface area contributed by atoms with Crippen LogP contribution in [0.15, 0.2) is 72.8 Å². The molecule has 0 saturated heterocycles. The van der Waals surface area contributed by atoms with E-state index in [0.717, 1.165) is 0 Å². The minimum absolute atomic E-state index is 0.00124. The first-order valence-electron chi connectivity index (χ1n) is 12.7. The Balaban J connectivity index is 1.74. The number of rotatable bonds is 5. The second-order valence-electron chi connectivity index (χ2n) is 10.3. The molecule has 5 nitrogen and oxygen atoms in total. The molecule has 1 aliphatic rings. The number of anilines is 1. The number of alkyl halides is 3. The zero-order chi connectivity index (χ0) is 29.0. The summed E-state index contributed by atoms with van der Waals surface area (Å²) in [7, 11) is 0. The van der Waals surface area contributed by atoms with Gasteiger partial charge in [-0.25, -0.2) is 0 Å². The summed E-state index contributed by atoms with van der Waals surface area (Å²) in [5.41, 5.74) is 4.09. The number of amides is 1. The highest BCUT2D eigenvalue weighted by atomic mass is 19.4. The molecule has 0 bridgehead atoms. The number of benzene rings is 4. The molecule has 2 N–H and O–H groups in total. The number of para-hydroxylation sites is 1. The second-order valence-corrected chi connectivity index (χ2v) is 10.3. The van der Waals surface area contributed by atoms with Gasteiger partial charge in [0.2, 0.25) is 5.91 Å². The summed E-state index contributed by atoms with van der Waals surface area (Å²) in [5.74, 6) is -0.404. The van der Waals surface area contributed by atoms with Gasteiger partial charge in [-0.05, 0) is 84.8 Å². The maximum atomic E-state index is 14.8. The molecule has 40 heavy (non-hydrogen) atoms. The molecule has 206 valence electrons. The number of aromatic hydroxyl groups is 2. The first-order chi connectivity index (χ1) is 18.8. The average molecular weight is 548 g/mol. The van der Waals surface area contributed by atoms with Crippen molar-refractivity contribution in [3.8, 4) is 17.2 Å². The Hall–Kier alpha value is -4.46. The third-order valence-corrected chi connectivity index (χ3v) is 7.49. The Morgan fingerprint density at radius 3 is 1.82 bits per heavy atom. The van der Waals surface area contributed by atoms with E-state index in [0.29, 0.717) is 50.2 Å². The lowest BCUT2D eigenvalue weighted by molar-refractivity contribution is -0.274. The van der Waals surface area contributed by atoms with E-state index in [1.807, 2.05) is 18.2 Å². The maximum absolute atomic E-state index is 14.8. The monoisotopic (exact) mass is 547 g/mol. The minimum atomic E-state index is -4.84. The van der Waals surface area contributed by atoms with Gasteiger partial charge in [0.15, 0.2) is 0 Å². The molecule has 0 fully saturated rings. The molecule has 0 atom stereocenters. The van der Waals surface area contributed by atoms with Crippen LogP contribution in [0.2, 0.25) is 0 Å². The van der Waals surface area contributed by atoms with Crippen LogP contribution in [0.5, 0.6) is 17.2 Å². The molecule has 0 aliphatic carbocycles. The quantitative estimate of drug-likeness (QED) is 0.279. The molecule has 4 aromatic rings.